The molecule has 0 fully saturated rings. The van der Waals surface area contributed by atoms with Crippen molar-refractivity contribution in [1.29, 1.82) is 0 Å². The number of ether oxygens (including phenoxy) is 1. The zero-order chi connectivity index (χ0) is 14.8. The van der Waals surface area contributed by atoms with Crippen LogP contribution in [0, 0.1) is 6.92 Å². The molecule has 6 nitrogen and oxygen atoms in total. The SMILES string of the molecule is COc1cc(C)c(N)cc1S(=O)(=O)NCc1cncs1. The predicted octanol–water partition coefficient (Wildman–Crippen LogP) is 1.52. The quantitative estimate of drug-likeness (QED) is 0.816. The molecule has 0 atom stereocenters. The van der Waals surface area contributed by atoms with E-state index in [4.69, 9.17) is 10.5 Å². The summed E-state index contributed by atoms with van der Waals surface area (Å²) in [6.07, 6.45) is 1.62. The van der Waals surface area contributed by atoms with Crippen molar-refractivity contribution in [2.75, 3.05) is 12.8 Å². The maximum Gasteiger partial charge on any atom is 0.244 e. The third-order valence-electron chi connectivity index (χ3n) is 2.76. The normalized spacial score (nSPS) is 11.5. The monoisotopic (exact) mass is 313 g/mol. The summed E-state index contributed by atoms with van der Waals surface area (Å²) in [7, 11) is -2.27. The Hall–Kier alpha value is -1.64. The lowest BCUT2D eigenvalue weighted by Crippen LogP contribution is -2.23. The van der Waals surface area contributed by atoms with Gasteiger partial charge in [-0.05, 0) is 24.6 Å². The number of methoxy groups -OCH3 is 1. The fourth-order valence-electron chi connectivity index (χ4n) is 1.62. The molecule has 0 aliphatic heterocycles. The molecule has 20 heavy (non-hydrogen) atoms. The number of aromatic nitrogens is 1. The summed E-state index contributed by atoms with van der Waals surface area (Å²) < 4.78 is 32.2. The van der Waals surface area contributed by atoms with Crippen molar-refractivity contribution in [3.8, 4) is 5.75 Å². The Kier molecular flexibility index (Phi) is 4.26. The van der Waals surface area contributed by atoms with Crippen molar-refractivity contribution in [3.05, 3.63) is 34.3 Å². The molecule has 0 aliphatic rings. The largest absolute Gasteiger partial charge is 0.495 e. The Labute approximate surface area is 121 Å². The number of rotatable bonds is 5. The Morgan fingerprint density at radius 3 is 2.80 bits per heavy atom. The molecule has 0 unspecified atom stereocenters. The molecule has 3 N–H and O–H groups in total. The second-order valence-corrected chi connectivity index (χ2v) is 6.86. The number of sulfonamides is 1. The highest BCUT2D eigenvalue weighted by Crippen LogP contribution is 2.28. The summed E-state index contributed by atoms with van der Waals surface area (Å²) in [4.78, 5) is 4.76. The number of benzene rings is 1. The van der Waals surface area contributed by atoms with E-state index in [1.54, 1.807) is 24.7 Å². The summed E-state index contributed by atoms with van der Waals surface area (Å²) in [5.41, 5.74) is 8.60. The van der Waals surface area contributed by atoms with E-state index >= 15 is 0 Å². The fraction of sp³-hybridized carbons (Fsp3) is 0.250. The molecule has 2 rings (SSSR count). The van der Waals surface area contributed by atoms with Crippen LogP contribution in [0.1, 0.15) is 10.4 Å². The van der Waals surface area contributed by atoms with Gasteiger partial charge in [0.05, 0.1) is 12.6 Å². The Bertz CT molecular complexity index is 697. The van der Waals surface area contributed by atoms with Gasteiger partial charge in [0.15, 0.2) is 0 Å². The number of nitrogens with two attached hydrogens (primary N) is 1. The van der Waals surface area contributed by atoms with E-state index in [0.717, 1.165) is 10.4 Å². The van der Waals surface area contributed by atoms with Gasteiger partial charge >= 0.3 is 0 Å². The molecule has 108 valence electrons. The van der Waals surface area contributed by atoms with Crippen molar-refractivity contribution < 1.29 is 13.2 Å². The molecule has 1 heterocycles. The van der Waals surface area contributed by atoms with Crippen molar-refractivity contribution in [1.82, 2.24) is 9.71 Å². The molecule has 0 spiro atoms. The third kappa shape index (κ3) is 3.09. The molecular formula is C12H15N3O3S2. The lowest BCUT2D eigenvalue weighted by atomic mass is 10.2. The average molecular weight is 313 g/mol. The molecule has 2 aromatic rings. The lowest BCUT2D eigenvalue weighted by Gasteiger charge is -2.12. The highest BCUT2D eigenvalue weighted by molar-refractivity contribution is 7.89. The van der Waals surface area contributed by atoms with Crippen LogP contribution in [0.15, 0.2) is 28.7 Å². The summed E-state index contributed by atoms with van der Waals surface area (Å²) in [5, 5.41) is 0. The van der Waals surface area contributed by atoms with Gasteiger partial charge in [0.25, 0.3) is 0 Å². The number of hydrogen-bond donors (Lipinski definition) is 2. The highest BCUT2D eigenvalue weighted by atomic mass is 32.2. The molecular weight excluding hydrogens is 298 g/mol. The number of anilines is 1. The van der Waals surface area contributed by atoms with Crippen LogP contribution < -0.4 is 15.2 Å². The minimum atomic E-state index is -3.69. The van der Waals surface area contributed by atoms with Crippen molar-refractivity contribution in [2.45, 2.75) is 18.4 Å². The Morgan fingerprint density at radius 2 is 2.20 bits per heavy atom. The van der Waals surface area contributed by atoms with E-state index in [-0.39, 0.29) is 17.2 Å². The maximum atomic E-state index is 12.3. The van der Waals surface area contributed by atoms with Gasteiger partial charge in [-0.25, -0.2) is 13.1 Å². The first-order valence-corrected chi connectivity index (χ1v) is 8.11. The number of aryl methyl sites for hydroxylation is 1. The van der Waals surface area contributed by atoms with Crippen LogP contribution in [0.3, 0.4) is 0 Å². The van der Waals surface area contributed by atoms with Crippen molar-refractivity contribution >= 4 is 27.0 Å². The molecule has 1 aromatic heterocycles. The van der Waals surface area contributed by atoms with Crippen LogP contribution in [-0.2, 0) is 16.6 Å². The van der Waals surface area contributed by atoms with Crippen LogP contribution in [0.25, 0.3) is 0 Å². The van der Waals surface area contributed by atoms with E-state index < -0.39 is 10.0 Å². The first-order valence-electron chi connectivity index (χ1n) is 5.75. The summed E-state index contributed by atoms with van der Waals surface area (Å²) in [6, 6.07) is 3.01. The number of nitrogen functional groups attached to an aromatic ring is 1. The van der Waals surface area contributed by atoms with Gasteiger partial charge in [-0.1, -0.05) is 0 Å². The first kappa shape index (κ1) is 14.8. The van der Waals surface area contributed by atoms with E-state index in [9.17, 15) is 8.42 Å². The minimum absolute atomic E-state index is 0.0348. The number of nitrogens with zero attached hydrogens (tertiary/aromatic N) is 1. The van der Waals surface area contributed by atoms with Crippen LogP contribution >= 0.6 is 11.3 Å². The molecule has 0 radical (unpaired) electrons. The zero-order valence-electron chi connectivity index (χ0n) is 11.1. The molecule has 0 aliphatic carbocycles. The fourth-order valence-corrected chi connectivity index (χ4v) is 3.44. The van der Waals surface area contributed by atoms with Crippen LogP contribution in [0.4, 0.5) is 5.69 Å². The minimum Gasteiger partial charge on any atom is -0.495 e. The number of hydrogen-bond acceptors (Lipinski definition) is 6. The topological polar surface area (TPSA) is 94.3 Å². The molecule has 0 saturated carbocycles. The second kappa shape index (κ2) is 5.78. The smallest absolute Gasteiger partial charge is 0.244 e. The Balaban J connectivity index is 2.31. The van der Waals surface area contributed by atoms with Gasteiger partial charge in [-0.2, -0.15) is 0 Å². The van der Waals surface area contributed by atoms with Crippen LogP contribution in [0.5, 0.6) is 5.75 Å². The van der Waals surface area contributed by atoms with E-state index in [2.05, 4.69) is 9.71 Å². The van der Waals surface area contributed by atoms with Gasteiger partial charge in [0.1, 0.15) is 10.6 Å². The zero-order valence-corrected chi connectivity index (χ0v) is 12.7. The van der Waals surface area contributed by atoms with E-state index in [1.807, 2.05) is 0 Å². The third-order valence-corrected chi connectivity index (χ3v) is 4.96. The highest BCUT2D eigenvalue weighted by Gasteiger charge is 2.20. The maximum absolute atomic E-state index is 12.3. The molecule has 8 heteroatoms. The number of nitrogens with one attached hydrogen (secondary N) is 1. The summed E-state index contributed by atoms with van der Waals surface area (Å²) in [6.45, 7) is 1.98. The molecule has 1 aromatic carbocycles. The van der Waals surface area contributed by atoms with Gasteiger partial charge in [0.2, 0.25) is 10.0 Å². The van der Waals surface area contributed by atoms with Gasteiger partial charge in [0, 0.05) is 23.3 Å². The van der Waals surface area contributed by atoms with Crippen molar-refractivity contribution in [3.63, 3.8) is 0 Å². The lowest BCUT2D eigenvalue weighted by molar-refractivity contribution is 0.402. The first-order chi connectivity index (χ1) is 9.44. The van der Waals surface area contributed by atoms with Crippen molar-refractivity contribution in [2.24, 2.45) is 0 Å². The molecule has 0 saturated heterocycles. The molecule has 0 bridgehead atoms. The molecule has 0 amide bonds. The van der Waals surface area contributed by atoms with E-state index in [1.165, 1.54) is 24.5 Å². The summed E-state index contributed by atoms with van der Waals surface area (Å²) >= 11 is 1.38. The predicted molar refractivity (Wildman–Crippen MR) is 78.3 cm³/mol. The van der Waals surface area contributed by atoms with Gasteiger partial charge in [-0.15, -0.1) is 11.3 Å². The van der Waals surface area contributed by atoms with E-state index in [0.29, 0.717) is 5.69 Å². The van der Waals surface area contributed by atoms with Crippen LogP contribution in [0.2, 0.25) is 0 Å². The van der Waals surface area contributed by atoms with Gasteiger partial charge < -0.3 is 10.5 Å². The van der Waals surface area contributed by atoms with Gasteiger partial charge in [-0.3, -0.25) is 4.98 Å². The average Bonchev–Trinajstić information content (AvgIpc) is 2.92. The summed E-state index contributed by atoms with van der Waals surface area (Å²) in [5.74, 6) is 0.272. The standard InChI is InChI=1S/C12H15N3O3S2/c1-8-3-11(18-2)12(4-10(8)13)20(16,17)15-6-9-5-14-7-19-9/h3-5,7,15H,6,13H2,1-2H3. The Morgan fingerprint density at radius 1 is 1.45 bits per heavy atom. The van der Waals surface area contributed by atoms with Crippen LogP contribution in [-0.4, -0.2) is 20.5 Å². The second-order valence-electron chi connectivity index (χ2n) is 4.15. The number of thiazole rings is 1.